The Hall–Kier alpha value is -1.10. The molecule has 0 saturated carbocycles. The van der Waals surface area contributed by atoms with Crippen molar-refractivity contribution in [1.82, 2.24) is 10.6 Å². The van der Waals surface area contributed by atoms with E-state index in [-0.39, 0.29) is 30.3 Å². The predicted octanol–water partition coefficient (Wildman–Crippen LogP) is 1.04. The Labute approximate surface area is 120 Å². The van der Waals surface area contributed by atoms with Crippen molar-refractivity contribution in [3.63, 3.8) is 0 Å². The van der Waals surface area contributed by atoms with Crippen molar-refractivity contribution in [2.75, 3.05) is 19.6 Å². The Kier molecular flexibility index (Phi) is 5.79. The number of aliphatic hydroxyl groups excluding tert-OH is 1. The van der Waals surface area contributed by atoms with Crippen molar-refractivity contribution in [2.24, 2.45) is 5.92 Å². The molecule has 1 aliphatic heterocycles. The molecule has 0 aliphatic carbocycles. The summed E-state index contributed by atoms with van der Waals surface area (Å²) in [6.45, 7) is 5.91. The third kappa shape index (κ3) is 3.93. The molecule has 5 heteroatoms. The average Bonchev–Trinajstić information content (AvgIpc) is 2.75. The lowest BCUT2D eigenvalue weighted by Crippen LogP contribution is -2.34. The summed E-state index contributed by atoms with van der Waals surface area (Å²) in [4.78, 5) is 12.0. The lowest BCUT2D eigenvalue weighted by Gasteiger charge is -2.14. The molecule has 2 atom stereocenters. The van der Waals surface area contributed by atoms with Gasteiger partial charge in [0.25, 0.3) is 5.91 Å². The highest BCUT2D eigenvalue weighted by Crippen LogP contribution is 2.11. The van der Waals surface area contributed by atoms with E-state index in [4.69, 9.17) is 0 Å². The summed E-state index contributed by atoms with van der Waals surface area (Å²) in [5.74, 6) is 0.0395. The van der Waals surface area contributed by atoms with Crippen molar-refractivity contribution in [3.05, 3.63) is 34.9 Å². The van der Waals surface area contributed by atoms with Gasteiger partial charge in [0, 0.05) is 31.1 Å². The highest BCUT2D eigenvalue weighted by atomic mass is 35.5. The molecule has 3 N–H and O–H groups in total. The monoisotopic (exact) mass is 284 g/mol. The first-order chi connectivity index (χ1) is 8.58. The molecule has 1 amide bonds. The largest absolute Gasteiger partial charge is 0.391 e. The molecule has 1 aromatic carbocycles. The Bertz CT molecular complexity index is 451. The molecule has 1 aromatic rings. The predicted molar refractivity (Wildman–Crippen MR) is 77.9 cm³/mol. The van der Waals surface area contributed by atoms with Gasteiger partial charge < -0.3 is 15.7 Å². The summed E-state index contributed by atoms with van der Waals surface area (Å²) >= 11 is 0. The molecule has 1 saturated heterocycles. The van der Waals surface area contributed by atoms with Crippen LogP contribution in [0.2, 0.25) is 0 Å². The maximum Gasteiger partial charge on any atom is 0.251 e. The first-order valence-electron chi connectivity index (χ1n) is 6.32. The fraction of sp³-hybridized carbons (Fsp3) is 0.500. The van der Waals surface area contributed by atoms with E-state index >= 15 is 0 Å². The molecule has 1 aliphatic rings. The van der Waals surface area contributed by atoms with Gasteiger partial charge in [-0.2, -0.15) is 0 Å². The first kappa shape index (κ1) is 16.0. The molecule has 19 heavy (non-hydrogen) atoms. The van der Waals surface area contributed by atoms with Gasteiger partial charge in [-0.25, -0.2) is 0 Å². The van der Waals surface area contributed by atoms with E-state index in [9.17, 15) is 9.90 Å². The zero-order valence-electron chi connectivity index (χ0n) is 11.3. The van der Waals surface area contributed by atoms with Crippen LogP contribution in [-0.4, -0.2) is 36.8 Å². The number of aliphatic hydroxyl groups is 1. The van der Waals surface area contributed by atoms with E-state index in [1.165, 1.54) is 5.56 Å². The summed E-state index contributed by atoms with van der Waals surface area (Å²) in [5, 5.41) is 15.6. The molecular formula is C14H21ClN2O2. The van der Waals surface area contributed by atoms with Gasteiger partial charge >= 0.3 is 0 Å². The number of hydrogen-bond donors (Lipinski definition) is 3. The first-order valence-corrected chi connectivity index (χ1v) is 6.32. The molecule has 0 radical (unpaired) electrons. The lowest BCUT2D eigenvalue weighted by molar-refractivity contribution is 0.0927. The van der Waals surface area contributed by atoms with Gasteiger partial charge in [0.15, 0.2) is 0 Å². The summed E-state index contributed by atoms with van der Waals surface area (Å²) in [7, 11) is 0. The molecule has 2 unspecified atom stereocenters. The van der Waals surface area contributed by atoms with Crippen LogP contribution in [0.1, 0.15) is 21.5 Å². The third-order valence-corrected chi connectivity index (χ3v) is 3.60. The summed E-state index contributed by atoms with van der Waals surface area (Å²) in [5.41, 5.74) is 2.98. The number of benzene rings is 1. The van der Waals surface area contributed by atoms with Crippen LogP contribution in [0.4, 0.5) is 0 Å². The van der Waals surface area contributed by atoms with E-state index < -0.39 is 0 Å². The lowest BCUT2D eigenvalue weighted by atomic mass is 10.0. The molecule has 1 heterocycles. The van der Waals surface area contributed by atoms with Crippen LogP contribution >= 0.6 is 12.4 Å². The summed E-state index contributed by atoms with van der Waals surface area (Å²) in [6, 6.07) is 5.69. The van der Waals surface area contributed by atoms with E-state index in [0.29, 0.717) is 18.7 Å². The number of nitrogens with one attached hydrogen (secondary N) is 2. The minimum atomic E-state index is -0.356. The smallest absolute Gasteiger partial charge is 0.251 e. The number of carbonyl (C=O) groups is 1. The van der Waals surface area contributed by atoms with Crippen LogP contribution in [0.25, 0.3) is 0 Å². The standard InChI is InChI=1S/C14H20N2O2.ClH/c1-9-3-4-11(5-10(9)2)14(18)16-7-12-6-15-8-13(12)17;/h3-5,12-13,15,17H,6-8H2,1-2H3,(H,16,18);1H. The van der Waals surface area contributed by atoms with Gasteiger partial charge in [-0.1, -0.05) is 6.07 Å². The van der Waals surface area contributed by atoms with Gasteiger partial charge in [0.2, 0.25) is 0 Å². The second-order valence-corrected chi connectivity index (χ2v) is 4.99. The highest BCUT2D eigenvalue weighted by Gasteiger charge is 2.25. The van der Waals surface area contributed by atoms with Crippen LogP contribution < -0.4 is 10.6 Å². The van der Waals surface area contributed by atoms with Crippen LogP contribution in [0.3, 0.4) is 0 Å². The normalized spacial score (nSPS) is 21.8. The van der Waals surface area contributed by atoms with Crippen LogP contribution in [0, 0.1) is 19.8 Å². The minimum Gasteiger partial charge on any atom is -0.391 e. The average molecular weight is 285 g/mol. The van der Waals surface area contributed by atoms with Crippen LogP contribution in [0.5, 0.6) is 0 Å². The summed E-state index contributed by atoms with van der Waals surface area (Å²) in [6.07, 6.45) is -0.356. The fourth-order valence-electron chi connectivity index (χ4n) is 2.14. The van der Waals surface area contributed by atoms with E-state index in [2.05, 4.69) is 10.6 Å². The molecule has 106 valence electrons. The number of β-amino-alcohol motifs (C(OH)–C–C–N with tert-alkyl or cyclic N) is 1. The Morgan fingerprint density at radius 3 is 2.68 bits per heavy atom. The molecule has 4 nitrogen and oxygen atoms in total. The van der Waals surface area contributed by atoms with E-state index in [1.54, 1.807) is 0 Å². The maximum absolute atomic E-state index is 12.0. The van der Waals surface area contributed by atoms with Crippen molar-refractivity contribution in [2.45, 2.75) is 20.0 Å². The topological polar surface area (TPSA) is 61.4 Å². The maximum atomic E-state index is 12.0. The molecule has 0 aromatic heterocycles. The Morgan fingerprint density at radius 1 is 1.37 bits per heavy atom. The van der Waals surface area contributed by atoms with E-state index in [0.717, 1.165) is 12.1 Å². The Balaban J connectivity index is 0.00000180. The molecule has 2 rings (SSSR count). The highest BCUT2D eigenvalue weighted by molar-refractivity contribution is 5.94. The second kappa shape index (κ2) is 6.89. The van der Waals surface area contributed by atoms with Crippen molar-refractivity contribution < 1.29 is 9.90 Å². The molecule has 0 spiro atoms. The number of hydrogen-bond acceptors (Lipinski definition) is 3. The second-order valence-electron chi connectivity index (χ2n) is 4.99. The van der Waals surface area contributed by atoms with Crippen molar-refractivity contribution in [1.29, 1.82) is 0 Å². The number of carbonyl (C=O) groups excluding carboxylic acids is 1. The van der Waals surface area contributed by atoms with Gasteiger partial charge in [-0.05, 0) is 37.1 Å². The Morgan fingerprint density at radius 2 is 2.11 bits per heavy atom. The molecule has 0 bridgehead atoms. The van der Waals surface area contributed by atoms with Gasteiger partial charge in [-0.3, -0.25) is 4.79 Å². The fourth-order valence-corrected chi connectivity index (χ4v) is 2.14. The van der Waals surface area contributed by atoms with Crippen LogP contribution in [0.15, 0.2) is 18.2 Å². The summed E-state index contributed by atoms with van der Waals surface area (Å²) < 4.78 is 0. The number of halogens is 1. The SMILES string of the molecule is Cc1ccc(C(=O)NCC2CNCC2O)cc1C.Cl. The number of rotatable bonds is 3. The zero-order chi connectivity index (χ0) is 13.1. The van der Waals surface area contributed by atoms with Crippen molar-refractivity contribution in [3.8, 4) is 0 Å². The number of amides is 1. The molecular weight excluding hydrogens is 264 g/mol. The van der Waals surface area contributed by atoms with Gasteiger partial charge in [0.05, 0.1) is 6.10 Å². The van der Waals surface area contributed by atoms with Gasteiger partial charge in [-0.15, -0.1) is 12.4 Å². The number of aryl methyl sites for hydroxylation is 2. The molecule has 1 fully saturated rings. The quantitative estimate of drug-likeness (QED) is 0.777. The van der Waals surface area contributed by atoms with Gasteiger partial charge in [0.1, 0.15) is 0 Å². The zero-order valence-corrected chi connectivity index (χ0v) is 12.1. The van der Waals surface area contributed by atoms with Crippen molar-refractivity contribution >= 4 is 18.3 Å². The van der Waals surface area contributed by atoms with E-state index in [1.807, 2.05) is 32.0 Å². The minimum absolute atomic E-state index is 0. The third-order valence-electron chi connectivity index (χ3n) is 3.60. The van der Waals surface area contributed by atoms with Crippen LogP contribution in [-0.2, 0) is 0 Å².